The summed E-state index contributed by atoms with van der Waals surface area (Å²) in [5.41, 5.74) is 1.24. The fraction of sp³-hybridized carbons (Fsp3) is 0.333. The maximum absolute atomic E-state index is 12.6. The molecule has 0 atom stereocenters. The molecular formula is C18H18ClN5O5. The van der Waals surface area contributed by atoms with Crippen molar-refractivity contribution < 1.29 is 19.2 Å². The number of halogens is 1. The highest BCUT2D eigenvalue weighted by molar-refractivity contribution is 6.34. The number of fused-ring (bicyclic) bond motifs is 1. The second-order valence-corrected chi connectivity index (χ2v) is 6.92. The number of benzene rings is 1. The molecule has 0 saturated carbocycles. The summed E-state index contributed by atoms with van der Waals surface area (Å²) in [7, 11) is 0. The van der Waals surface area contributed by atoms with Crippen LogP contribution in [0.5, 0.6) is 11.5 Å². The third kappa shape index (κ3) is 4.11. The predicted molar refractivity (Wildman–Crippen MR) is 106 cm³/mol. The minimum absolute atomic E-state index is 0.192. The Morgan fingerprint density at radius 3 is 2.45 bits per heavy atom. The van der Waals surface area contributed by atoms with Gasteiger partial charge in [0.15, 0.2) is 17.7 Å². The number of rotatable bonds is 3. The summed E-state index contributed by atoms with van der Waals surface area (Å²) in [4.78, 5) is 30.4. The lowest BCUT2D eigenvalue weighted by Gasteiger charge is -2.35. The highest BCUT2D eigenvalue weighted by atomic mass is 35.5. The Morgan fingerprint density at radius 1 is 1.14 bits per heavy atom. The van der Waals surface area contributed by atoms with Crippen LogP contribution in [0.3, 0.4) is 0 Å². The number of hydrogen-bond acceptors (Lipinski definition) is 7. The third-order valence-electron chi connectivity index (χ3n) is 4.72. The van der Waals surface area contributed by atoms with Crippen LogP contribution in [0.25, 0.3) is 0 Å². The summed E-state index contributed by atoms with van der Waals surface area (Å²) < 4.78 is 11.0. The topological polar surface area (TPSA) is 110 Å². The van der Waals surface area contributed by atoms with Crippen molar-refractivity contribution in [2.45, 2.75) is 0 Å². The van der Waals surface area contributed by atoms with Gasteiger partial charge in [-0.25, -0.2) is 4.79 Å². The van der Waals surface area contributed by atoms with Crippen LogP contribution in [0.1, 0.15) is 0 Å². The van der Waals surface area contributed by atoms with E-state index in [0.717, 1.165) is 5.69 Å². The van der Waals surface area contributed by atoms with Crippen molar-refractivity contribution in [2.75, 3.05) is 49.6 Å². The first-order valence-corrected chi connectivity index (χ1v) is 9.39. The van der Waals surface area contributed by atoms with Gasteiger partial charge in [-0.05, 0) is 16.0 Å². The van der Waals surface area contributed by atoms with E-state index in [4.69, 9.17) is 21.1 Å². The standard InChI is InChI=1S/C18H18ClN5O5/c19-13-9-15-16(29-8-7-28-15)10-14(13)21-18(25)23-5-3-22(4-6-23)12-1-2-17(20-11-12)24(26)27/h1-2,9-11H,3-8H2,(H,21,25). The number of aromatic nitrogens is 1. The van der Waals surface area contributed by atoms with Gasteiger partial charge in [0.2, 0.25) is 0 Å². The number of nitrogens with one attached hydrogen (secondary N) is 1. The van der Waals surface area contributed by atoms with Crippen LogP contribution in [0.4, 0.5) is 22.0 Å². The molecule has 2 amide bonds. The van der Waals surface area contributed by atoms with Crippen molar-refractivity contribution in [1.82, 2.24) is 9.88 Å². The van der Waals surface area contributed by atoms with E-state index in [1.807, 2.05) is 4.90 Å². The molecule has 2 aromatic rings. The first-order valence-electron chi connectivity index (χ1n) is 9.02. The van der Waals surface area contributed by atoms with Crippen LogP contribution in [0.15, 0.2) is 30.5 Å². The first-order chi connectivity index (χ1) is 14.0. The summed E-state index contributed by atoms with van der Waals surface area (Å²) in [6.07, 6.45) is 1.48. The van der Waals surface area contributed by atoms with Crippen LogP contribution in [0, 0.1) is 10.1 Å². The maximum Gasteiger partial charge on any atom is 0.363 e. The number of carbonyl (C=O) groups excluding carboxylic acids is 1. The molecule has 10 nitrogen and oxygen atoms in total. The Labute approximate surface area is 171 Å². The van der Waals surface area contributed by atoms with E-state index in [1.165, 1.54) is 12.3 Å². The summed E-state index contributed by atoms with van der Waals surface area (Å²) in [6, 6.07) is 6.07. The number of piperazine rings is 1. The SMILES string of the molecule is O=C(Nc1cc2c(cc1Cl)OCCO2)N1CCN(c2ccc([N+](=O)[O-])nc2)CC1. The highest BCUT2D eigenvalue weighted by Gasteiger charge is 2.24. The second kappa shape index (κ2) is 8.00. The molecular weight excluding hydrogens is 402 g/mol. The molecule has 29 heavy (non-hydrogen) atoms. The Hall–Kier alpha value is -3.27. The molecule has 2 aliphatic rings. The van der Waals surface area contributed by atoms with Gasteiger partial charge in [-0.2, -0.15) is 0 Å². The number of amides is 2. The van der Waals surface area contributed by atoms with Crippen LogP contribution in [0.2, 0.25) is 5.02 Å². The van der Waals surface area contributed by atoms with Crippen molar-refractivity contribution in [1.29, 1.82) is 0 Å². The van der Waals surface area contributed by atoms with Crippen LogP contribution in [-0.4, -0.2) is 60.2 Å². The molecule has 1 saturated heterocycles. The van der Waals surface area contributed by atoms with Gasteiger partial charge >= 0.3 is 11.8 Å². The van der Waals surface area contributed by atoms with Crippen LogP contribution < -0.4 is 19.7 Å². The average molecular weight is 420 g/mol. The third-order valence-corrected chi connectivity index (χ3v) is 5.04. The van der Waals surface area contributed by atoms with Crippen molar-refractivity contribution in [3.8, 4) is 11.5 Å². The van der Waals surface area contributed by atoms with Gasteiger partial charge in [-0.1, -0.05) is 11.6 Å². The number of hydrogen-bond donors (Lipinski definition) is 1. The highest BCUT2D eigenvalue weighted by Crippen LogP contribution is 2.38. The minimum atomic E-state index is -0.533. The van der Waals surface area contributed by atoms with E-state index < -0.39 is 4.92 Å². The predicted octanol–water partition coefficient (Wildman–Crippen LogP) is 2.77. The molecule has 1 N–H and O–H groups in total. The van der Waals surface area contributed by atoms with Gasteiger partial charge in [0.1, 0.15) is 13.2 Å². The molecule has 0 radical (unpaired) electrons. The molecule has 4 rings (SSSR count). The molecule has 1 aromatic heterocycles. The first kappa shape index (κ1) is 19.1. The molecule has 0 unspecified atom stereocenters. The van der Waals surface area contributed by atoms with E-state index in [2.05, 4.69) is 10.3 Å². The van der Waals surface area contributed by atoms with Crippen molar-refractivity contribution in [3.05, 3.63) is 45.6 Å². The number of anilines is 2. The van der Waals surface area contributed by atoms with Crippen molar-refractivity contribution >= 4 is 34.8 Å². The van der Waals surface area contributed by atoms with E-state index >= 15 is 0 Å². The summed E-state index contributed by atoms with van der Waals surface area (Å²) in [6.45, 7) is 3.06. The molecule has 0 aliphatic carbocycles. The Kier molecular flexibility index (Phi) is 5.26. The normalized spacial score (nSPS) is 15.8. The van der Waals surface area contributed by atoms with Crippen LogP contribution >= 0.6 is 11.6 Å². The fourth-order valence-electron chi connectivity index (χ4n) is 3.20. The number of nitrogens with zero attached hydrogens (tertiary/aromatic N) is 4. The Morgan fingerprint density at radius 2 is 1.83 bits per heavy atom. The molecule has 11 heteroatoms. The molecule has 0 bridgehead atoms. The molecule has 1 aromatic carbocycles. The maximum atomic E-state index is 12.6. The quantitative estimate of drug-likeness (QED) is 0.601. The second-order valence-electron chi connectivity index (χ2n) is 6.51. The fourth-order valence-corrected chi connectivity index (χ4v) is 3.40. The number of ether oxygens (including phenoxy) is 2. The Balaban J connectivity index is 1.36. The monoisotopic (exact) mass is 419 g/mol. The molecule has 152 valence electrons. The Bertz CT molecular complexity index is 931. The largest absolute Gasteiger partial charge is 0.486 e. The molecule has 1 fully saturated rings. The minimum Gasteiger partial charge on any atom is -0.486 e. The zero-order chi connectivity index (χ0) is 20.4. The lowest BCUT2D eigenvalue weighted by Crippen LogP contribution is -2.50. The summed E-state index contributed by atoms with van der Waals surface area (Å²) >= 11 is 6.25. The van der Waals surface area contributed by atoms with Gasteiger partial charge in [-0.15, -0.1) is 0 Å². The average Bonchev–Trinajstić information content (AvgIpc) is 2.74. The molecule has 0 spiro atoms. The smallest absolute Gasteiger partial charge is 0.363 e. The zero-order valence-corrected chi connectivity index (χ0v) is 16.1. The van der Waals surface area contributed by atoms with Gasteiger partial charge < -0.3 is 34.7 Å². The van der Waals surface area contributed by atoms with E-state index in [0.29, 0.717) is 61.6 Å². The summed E-state index contributed by atoms with van der Waals surface area (Å²) in [5.74, 6) is 0.916. The van der Waals surface area contributed by atoms with Crippen LogP contribution in [-0.2, 0) is 0 Å². The van der Waals surface area contributed by atoms with Crippen molar-refractivity contribution in [2.24, 2.45) is 0 Å². The number of urea groups is 1. The number of carbonyl (C=O) groups is 1. The number of nitro groups is 1. The summed E-state index contributed by atoms with van der Waals surface area (Å²) in [5, 5.41) is 13.9. The lowest BCUT2D eigenvalue weighted by molar-refractivity contribution is -0.389. The van der Waals surface area contributed by atoms with E-state index in [1.54, 1.807) is 23.1 Å². The zero-order valence-electron chi connectivity index (χ0n) is 15.3. The molecule has 2 aliphatic heterocycles. The number of pyridine rings is 1. The lowest BCUT2D eigenvalue weighted by atomic mass is 10.2. The molecule has 3 heterocycles. The van der Waals surface area contributed by atoms with E-state index in [9.17, 15) is 14.9 Å². The van der Waals surface area contributed by atoms with E-state index in [-0.39, 0.29) is 11.8 Å². The van der Waals surface area contributed by atoms with Gasteiger partial charge in [0, 0.05) is 44.4 Å². The van der Waals surface area contributed by atoms with Gasteiger partial charge in [-0.3, -0.25) is 0 Å². The van der Waals surface area contributed by atoms with Crippen molar-refractivity contribution in [3.63, 3.8) is 0 Å². The van der Waals surface area contributed by atoms with Gasteiger partial charge in [0.25, 0.3) is 0 Å². The van der Waals surface area contributed by atoms with Gasteiger partial charge in [0.05, 0.1) is 16.4 Å².